The Hall–Kier alpha value is -2.61. The highest BCUT2D eigenvalue weighted by Crippen LogP contribution is 2.37. The van der Waals surface area contributed by atoms with Crippen LogP contribution in [0.15, 0.2) is 18.2 Å². The van der Waals surface area contributed by atoms with E-state index in [1.54, 1.807) is 14.2 Å². The summed E-state index contributed by atoms with van der Waals surface area (Å²) in [6.45, 7) is 3.12. The van der Waals surface area contributed by atoms with Crippen molar-refractivity contribution in [2.45, 2.75) is 57.1 Å². The highest BCUT2D eigenvalue weighted by atomic mass is 16.5. The van der Waals surface area contributed by atoms with Gasteiger partial charge in [0.15, 0.2) is 5.82 Å². The predicted octanol–water partition coefficient (Wildman–Crippen LogP) is 2.56. The summed E-state index contributed by atoms with van der Waals surface area (Å²) in [4.78, 5) is 13.3. The average Bonchev–Trinajstić information content (AvgIpc) is 3.44. The molecule has 4 rings (SSSR count). The average molecular weight is 415 g/mol. The normalized spacial score (nSPS) is 21.3. The van der Waals surface area contributed by atoms with Gasteiger partial charge < -0.3 is 19.5 Å². The van der Waals surface area contributed by atoms with Gasteiger partial charge in [0.2, 0.25) is 5.91 Å². The Morgan fingerprint density at radius 1 is 1.27 bits per heavy atom. The van der Waals surface area contributed by atoms with E-state index in [1.165, 1.54) is 12.8 Å². The monoisotopic (exact) mass is 414 g/mol. The molecular weight excluding hydrogens is 384 g/mol. The topological polar surface area (TPSA) is 87.5 Å². The second-order valence-corrected chi connectivity index (χ2v) is 8.24. The Labute approximate surface area is 176 Å². The van der Waals surface area contributed by atoms with Crippen LogP contribution in [0.4, 0.5) is 0 Å². The van der Waals surface area contributed by atoms with Crippen LogP contribution >= 0.6 is 0 Å². The molecule has 1 aliphatic carbocycles. The number of hydrogen-bond donors (Lipinski definition) is 1. The van der Waals surface area contributed by atoms with Gasteiger partial charge in [0, 0.05) is 18.5 Å². The molecule has 8 nitrogen and oxygen atoms in total. The van der Waals surface area contributed by atoms with Crippen LogP contribution in [0.3, 0.4) is 0 Å². The lowest BCUT2D eigenvalue weighted by Crippen LogP contribution is -2.53. The van der Waals surface area contributed by atoms with E-state index in [9.17, 15) is 4.79 Å². The fourth-order valence-corrected chi connectivity index (χ4v) is 4.54. The summed E-state index contributed by atoms with van der Waals surface area (Å²) < 4.78 is 18.5. The lowest BCUT2D eigenvalue weighted by Gasteiger charge is -2.36. The zero-order chi connectivity index (χ0) is 21.1. The van der Waals surface area contributed by atoms with Crippen LogP contribution in [0.5, 0.6) is 11.5 Å². The van der Waals surface area contributed by atoms with Crippen molar-refractivity contribution in [2.24, 2.45) is 0 Å². The van der Waals surface area contributed by atoms with Gasteiger partial charge in [-0.15, -0.1) is 10.2 Å². The zero-order valence-electron chi connectivity index (χ0n) is 17.9. The molecule has 1 aromatic carbocycles. The van der Waals surface area contributed by atoms with Crippen LogP contribution in [0.25, 0.3) is 0 Å². The summed E-state index contributed by atoms with van der Waals surface area (Å²) in [7, 11) is 3.26. The molecule has 30 heavy (non-hydrogen) atoms. The first-order valence-electron chi connectivity index (χ1n) is 10.6. The smallest absolute Gasteiger partial charge is 0.248 e. The van der Waals surface area contributed by atoms with Crippen LogP contribution in [-0.2, 0) is 28.1 Å². The van der Waals surface area contributed by atoms with Crippen LogP contribution in [0, 0.1) is 0 Å². The number of carbonyl (C=O) groups is 1. The zero-order valence-corrected chi connectivity index (χ0v) is 17.9. The Kier molecular flexibility index (Phi) is 5.94. The van der Waals surface area contributed by atoms with Gasteiger partial charge in [-0.3, -0.25) is 9.36 Å². The molecule has 0 bridgehead atoms. The minimum atomic E-state index is -0.848. The Bertz CT molecular complexity index is 907. The molecule has 1 unspecified atom stereocenters. The molecule has 162 valence electrons. The number of ether oxygens (including phenoxy) is 3. The molecule has 1 fully saturated rings. The molecule has 0 spiro atoms. The van der Waals surface area contributed by atoms with E-state index in [0.29, 0.717) is 32.1 Å². The van der Waals surface area contributed by atoms with E-state index in [4.69, 9.17) is 14.2 Å². The number of methoxy groups -OCH3 is 2. The molecule has 2 aliphatic rings. The maximum atomic E-state index is 13.3. The van der Waals surface area contributed by atoms with E-state index in [1.807, 2.05) is 29.7 Å². The number of aromatic nitrogens is 3. The van der Waals surface area contributed by atoms with Gasteiger partial charge in [0.05, 0.1) is 20.8 Å². The fraction of sp³-hybridized carbons (Fsp3) is 0.591. The highest BCUT2D eigenvalue weighted by Gasteiger charge is 2.43. The lowest BCUT2D eigenvalue weighted by atomic mass is 9.97. The largest absolute Gasteiger partial charge is 0.497 e. The molecular formula is C22H30N4O4. The van der Waals surface area contributed by atoms with E-state index >= 15 is 0 Å². The van der Waals surface area contributed by atoms with Crippen LogP contribution in [0.2, 0.25) is 0 Å². The van der Waals surface area contributed by atoms with Gasteiger partial charge >= 0.3 is 0 Å². The fourth-order valence-electron chi connectivity index (χ4n) is 4.54. The first kappa shape index (κ1) is 20.7. The molecule has 8 heteroatoms. The number of hydrogen-bond acceptors (Lipinski definition) is 6. The maximum Gasteiger partial charge on any atom is 0.248 e. The van der Waals surface area contributed by atoms with Gasteiger partial charge in [-0.2, -0.15) is 0 Å². The summed E-state index contributed by atoms with van der Waals surface area (Å²) in [5.74, 6) is 3.46. The Morgan fingerprint density at radius 3 is 2.80 bits per heavy atom. The van der Waals surface area contributed by atoms with E-state index < -0.39 is 5.54 Å². The third kappa shape index (κ3) is 3.76. The summed E-state index contributed by atoms with van der Waals surface area (Å²) in [5.41, 5.74) is 0.166. The van der Waals surface area contributed by atoms with E-state index in [2.05, 4.69) is 15.5 Å². The summed E-state index contributed by atoms with van der Waals surface area (Å²) in [6, 6.07) is 5.71. The molecule has 0 saturated heterocycles. The summed E-state index contributed by atoms with van der Waals surface area (Å²) in [6.07, 6.45) is 5.27. The van der Waals surface area contributed by atoms with Gasteiger partial charge in [0.1, 0.15) is 29.5 Å². The third-order valence-electron chi connectivity index (χ3n) is 6.25. The van der Waals surface area contributed by atoms with Crippen molar-refractivity contribution in [3.05, 3.63) is 35.4 Å². The molecule has 1 amide bonds. The number of benzene rings is 1. The first-order valence-corrected chi connectivity index (χ1v) is 10.6. The van der Waals surface area contributed by atoms with Crippen molar-refractivity contribution in [1.82, 2.24) is 20.1 Å². The molecule has 1 saturated carbocycles. The molecule has 1 N–H and O–H groups in total. The second kappa shape index (κ2) is 8.63. The molecule has 1 aromatic heterocycles. The van der Waals surface area contributed by atoms with Gasteiger partial charge in [-0.25, -0.2) is 0 Å². The molecule has 2 heterocycles. The maximum absolute atomic E-state index is 13.3. The van der Waals surface area contributed by atoms with Crippen LogP contribution in [-0.4, -0.2) is 48.0 Å². The number of fused-ring (bicyclic) bond motifs is 1. The lowest BCUT2D eigenvalue weighted by molar-refractivity contribution is -0.135. The van der Waals surface area contributed by atoms with Crippen molar-refractivity contribution in [3.63, 3.8) is 0 Å². The number of carbonyl (C=O) groups excluding carboxylic acids is 1. The van der Waals surface area contributed by atoms with Crippen molar-refractivity contribution in [3.8, 4) is 11.5 Å². The number of rotatable bonds is 7. The van der Waals surface area contributed by atoms with Crippen molar-refractivity contribution in [2.75, 3.05) is 27.4 Å². The molecule has 0 radical (unpaired) electrons. The van der Waals surface area contributed by atoms with E-state index in [-0.39, 0.29) is 5.91 Å². The minimum Gasteiger partial charge on any atom is -0.497 e. The molecule has 2 aromatic rings. The quantitative estimate of drug-likeness (QED) is 0.749. The second-order valence-electron chi connectivity index (χ2n) is 8.24. The number of nitrogens with one attached hydrogen (secondary N) is 1. The minimum absolute atomic E-state index is 0.0741. The SMILES string of the molecule is COc1ccc(CCNC(=O)C2(C)COCc3nnc(C4CCCC4)n32)c(OC)c1. The van der Waals surface area contributed by atoms with Crippen LogP contribution in [0.1, 0.15) is 55.7 Å². The van der Waals surface area contributed by atoms with Gasteiger partial charge in [0.25, 0.3) is 0 Å². The van der Waals surface area contributed by atoms with Gasteiger partial charge in [-0.1, -0.05) is 18.9 Å². The predicted molar refractivity (Wildman–Crippen MR) is 111 cm³/mol. The third-order valence-corrected chi connectivity index (χ3v) is 6.25. The van der Waals surface area contributed by atoms with Crippen molar-refractivity contribution < 1.29 is 19.0 Å². The standard InChI is InChI=1S/C22H30N4O4/c1-22(14-30-13-19-24-25-20(26(19)22)16-6-4-5-7-16)21(27)23-11-10-15-8-9-17(28-2)12-18(15)29-3/h8-9,12,16H,4-7,10-11,13-14H2,1-3H3,(H,23,27). The number of amides is 1. The number of nitrogens with zero attached hydrogens (tertiary/aromatic N) is 3. The van der Waals surface area contributed by atoms with E-state index in [0.717, 1.165) is 41.6 Å². The molecule has 1 atom stereocenters. The van der Waals surface area contributed by atoms with Crippen molar-refractivity contribution >= 4 is 5.91 Å². The summed E-state index contributed by atoms with van der Waals surface area (Å²) in [5, 5.41) is 11.9. The van der Waals surface area contributed by atoms with Crippen LogP contribution < -0.4 is 14.8 Å². The molecule has 1 aliphatic heterocycles. The highest BCUT2D eigenvalue weighted by molar-refractivity contribution is 5.84. The summed E-state index contributed by atoms with van der Waals surface area (Å²) >= 11 is 0. The first-order chi connectivity index (χ1) is 14.6. The van der Waals surface area contributed by atoms with Crippen molar-refractivity contribution in [1.29, 1.82) is 0 Å². The Morgan fingerprint density at radius 2 is 2.07 bits per heavy atom. The Balaban J connectivity index is 1.48. The van der Waals surface area contributed by atoms with Gasteiger partial charge in [-0.05, 0) is 37.8 Å².